The van der Waals surface area contributed by atoms with Gasteiger partial charge in [-0.2, -0.15) is 0 Å². The van der Waals surface area contributed by atoms with Crippen molar-refractivity contribution in [3.63, 3.8) is 0 Å². The van der Waals surface area contributed by atoms with Crippen molar-refractivity contribution in [3.8, 4) is 0 Å². The number of anilines is 1. The highest BCUT2D eigenvalue weighted by Gasteiger charge is 2.33. The van der Waals surface area contributed by atoms with Gasteiger partial charge < -0.3 is 10.2 Å². The Kier molecular flexibility index (Phi) is 3.97. The van der Waals surface area contributed by atoms with E-state index in [1.807, 2.05) is 0 Å². The second-order valence-electron chi connectivity index (χ2n) is 5.29. The standard InChI is InChI=1S/C14H18Br2N2/c15-11-4-5-12(16)14(8-11)18-7-1-6-17-13(9-18)10-2-3-10/h4-5,8,10,13,17H,1-3,6-7,9H2. The van der Waals surface area contributed by atoms with Gasteiger partial charge in [0.25, 0.3) is 0 Å². The molecular formula is C14H18Br2N2. The fraction of sp³-hybridized carbons (Fsp3) is 0.571. The molecule has 2 aliphatic rings. The van der Waals surface area contributed by atoms with Gasteiger partial charge in [-0.15, -0.1) is 0 Å². The van der Waals surface area contributed by atoms with Gasteiger partial charge >= 0.3 is 0 Å². The quantitative estimate of drug-likeness (QED) is 0.848. The molecule has 0 amide bonds. The van der Waals surface area contributed by atoms with Crippen molar-refractivity contribution in [2.75, 3.05) is 24.5 Å². The minimum Gasteiger partial charge on any atom is -0.369 e. The number of nitrogens with zero attached hydrogens (tertiary/aromatic N) is 1. The van der Waals surface area contributed by atoms with Crippen LogP contribution in [0.25, 0.3) is 0 Å². The van der Waals surface area contributed by atoms with Crippen LogP contribution in [0, 0.1) is 5.92 Å². The zero-order chi connectivity index (χ0) is 12.5. The SMILES string of the molecule is Brc1ccc(Br)c(N2CCCNC(C3CC3)C2)c1. The summed E-state index contributed by atoms with van der Waals surface area (Å²) < 4.78 is 2.35. The first-order chi connectivity index (χ1) is 8.74. The van der Waals surface area contributed by atoms with E-state index >= 15 is 0 Å². The van der Waals surface area contributed by atoms with Gasteiger partial charge in [-0.1, -0.05) is 15.9 Å². The molecule has 4 heteroatoms. The van der Waals surface area contributed by atoms with E-state index in [9.17, 15) is 0 Å². The minimum atomic E-state index is 0.679. The Morgan fingerprint density at radius 3 is 2.83 bits per heavy atom. The third-order valence-corrected chi connectivity index (χ3v) is 5.03. The van der Waals surface area contributed by atoms with E-state index in [1.165, 1.54) is 29.4 Å². The normalized spacial score (nSPS) is 25.0. The molecule has 1 saturated carbocycles. The molecule has 1 unspecified atom stereocenters. The highest BCUT2D eigenvalue weighted by Crippen LogP contribution is 2.36. The molecule has 1 N–H and O–H groups in total. The van der Waals surface area contributed by atoms with E-state index in [-0.39, 0.29) is 0 Å². The van der Waals surface area contributed by atoms with Gasteiger partial charge in [0.2, 0.25) is 0 Å². The van der Waals surface area contributed by atoms with E-state index in [0.29, 0.717) is 6.04 Å². The van der Waals surface area contributed by atoms with Crippen LogP contribution in [0.2, 0.25) is 0 Å². The Bertz CT molecular complexity index is 432. The van der Waals surface area contributed by atoms with Crippen LogP contribution in [0.1, 0.15) is 19.3 Å². The number of benzene rings is 1. The number of halogens is 2. The molecule has 0 aromatic heterocycles. The van der Waals surface area contributed by atoms with Crippen LogP contribution < -0.4 is 10.2 Å². The molecule has 3 rings (SSSR count). The predicted octanol–water partition coefficient (Wildman–Crippen LogP) is 3.79. The molecule has 98 valence electrons. The summed E-state index contributed by atoms with van der Waals surface area (Å²) in [4.78, 5) is 2.53. The largest absolute Gasteiger partial charge is 0.369 e. The summed E-state index contributed by atoms with van der Waals surface area (Å²) in [5.74, 6) is 0.913. The maximum atomic E-state index is 3.71. The summed E-state index contributed by atoms with van der Waals surface area (Å²) in [6.07, 6.45) is 4.04. The Morgan fingerprint density at radius 2 is 2.06 bits per heavy atom. The van der Waals surface area contributed by atoms with Crippen LogP contribution in [0.3, 0.4) is 0 Å². The number of hydrogen-bond donors (Lipinski definition) is 1. The van der Waals surface area contributed by atoms with Gasteiger partial charge in [0.05, 0.1) is 5.69 Å². The van der Waals surface area contributed by atoms with Crippen LogP contribution in [-0.2, 0) is 0 Å². The lowest BCUT2D eigenvalue weighted by molar-refractivity contribution is 0.490. The molecule has 1 heterocycles. The Balaban J connectivity index is 1.82. The Hall–Kier alpha value is -0.0600. The van der Waals surface area contributed by atoms with Crippen LogP contribution in [0.15, 0.2) is 27.1 Å². The molecule has 1 saturated heterocycles. The second-order valence-corrected chi connectivity index (χ2v) is 7.06. The molecule has 0 radical (unpaired) electrons. The third kappa shape index (κ3) is 2.91. The van der Waals surface area contributed by atoms with Crippen molar-refractivity contribution < 1.29 is 0 Å². The molecule has 2 nitrogen and oxygen atoms in total. The summed E-state index contributed by atoms with van der Waals surface area (Å²) in [7, 11) is 0. The van der Waals surface area contributed by atoms with Gasteiger partial charge in [0.15, 0.2) is 0 Å². The van der Waals surface area contributed by atoms with Gasteiger partial charge in [-0.05, 0) is 65.9 Å². The van der Waals surface area contributed by atoms with E-state index in [4.69, 9.17) is 0 Å². The van der Waals surface area contributed by atoms with E-state index < -0.39 is 0 Å². The summed E-state index contributed by atoms with van der Waals surface area (Å²) in [6.45, 7) is 3.44. The molecule has 18 heavy (non-hydrogen) atoms. The molecule has 1 aliphatic heterocycles. The number of rotatable bonds is 2. The topological polar surface area (TPSA) is 15.3 Å². The van der Waals surface area contributed by atoms with Crippen molar-refractivity contribution in [2.24, 2.45) is 5.92 Å². The lowest BCUT2D eigenvalue weighted by atomic mass is 10.1. The minimum absolute atomic E-state index is 0.679. The molecular weight excluding hydrogens is 356 g/mol. The van der Waals surface area contributed by atoms with E-state index in [1.54, 1.807) is 0 Å². The fourth-order valence-electron chi connectivity index (χ4n) is 2.71. The molecule has 1 aromatic rings. The van der Waals surface area contributed by atoms with Crippen molar-refractivity contribution in [3.05, 3.63) is 27.1 Å². The maximum Gasteiger partial charge on any atom is 0.0522 e. The van der Waals surface area contributed by atoms with Gasteiger partial charge in [-0.25, -0.2) is 0 Å². The molecule has 0 spiro atoms. The van der Waals surface area contributed by atoms with E-state index in [2.05, 4.69) is 60.3 Å². The van der Waals surface area contributed by atoms with Crippen LogP contribution in [0.4, 0.5) is 5.69 Å². The second kappa shape index (κ2) is 5.51. The summed E-state index contributed by atoms with van der Waals surface area (Å²) in [6, 6.07) is 7.11. The third-order valence-electron chi connectivity index (χ3n) is 3.87. The fourth-order valence-corrected chi connectivity index (χ4v) is 3.56. The molecule has 0 bridgehead atoms. The van der Waals surface area contributed by atoms with Gasteiger partial charge in [0, 0.05) is 28.1 Å². The zero-order valence-corrected chi connectivity index (χ0v) is 13.5. The lowest BCUT2D eigenvalue weighted by Gasteiger charge is -2.27. The number of nitrogens with one attached hydrogen (secondary N) is 1. The Morgan fingerprint density at radius 1 is 1.22 bits per heavy atom. The smallest absolute Gasteiger partial charge is 0.0522 e. The maximum absolute atomic E-state index is 3.71. The first-order valence-electron chi connectivity index (χ1n) is 6.67. The predicted molar refractivity (Wildman–Crippen MR) is 83.2 cm³/mol. The van der Waals surface area contributed by atoms with Crippen molar-refractivity contribution >= 4 is 37.5 Å². The number of hydrogen-bond acceptors (Lipinski definition) is 2. The van der Waals surface area contributed by atoms with E-state index in [0.717, 1.165) is 30.0 Å². The summed E-state index contributed by atoms with van der Waals surface area (Å²) in [5.41, 5.74) is 1.32. The lowest BCUT2D eigenvalue weighted by Crippen LogP contribution is -2.39. The molecule has 1 aromatic carbocycles. The highest BCUT2D eigenvalue weighted by molar-refractivity contribution is 9.11. The average Bonchev–Trinajstić information content (AvgIpc) is 3.16. The Labute approximate surface area is 125 Å². The molecule has 1 aliphatic carbocycles. The van der Waals surface area contributed by atoms with Gasteiger partial charge in [0.1, 0.15) is 0 Å². The summed E-state index contributed by atoms with van der Waals surface area (Å²) >= 11 is 7.26. The highest BCUT2D eigenvalue weighted by atomic mass is 79.9. The van der Waals surface area contributed by atoms with Gasteiger partial charge in [-0.3, -0.25) is 0 Å². The zero-order valence-electron chi connectivity index (χ0n) is 10.3. The van der Waals surface area contributed by atoms with Crippen LogP contribution in [-0.4, -0.2) is 25.7 Å². The van der Waals surface area contributed by atoms with Crippen molar-refractivity contribution in [1.29, 1.82) is 0 Å². The molecule has 2 fully saturated rings. The average molecular weight is 374 g/mol. The summed E-state index contributed by atoms with van der Waals surface area (Å²) in [5, 5.41) is 3.71. The van der Waals surface area contributed by atoms with Crippen LogP contribution in [0.5, 0.6) is 0 Å². The monoisotopic (exact) mass is 372 g/mol. The van der Waals surface area contributed by atoms with Crippen LogP contribution >= 0.6 is 31.9 Å². The van der Waals surface area contributed by atoms with Crippen molar-refractivity contribution in [2.45, 2.75) is 25.3 Å². The first-order valence-corrected chi connectivity index (χ1v) is 8.26. The first kappa shape index (κ1) is 12.9. The molecule has 1 atom stereocenters. The van der Waals surface area contributed by atoms with Crippen molar-refractivity contribution in [1.82, 2.24) is 5.32 Å².